The third kappa shape index (κ3) is 1.71. The van der Waals surface area contributed by atoms with E-state index in [1.54, 1.807) is 6.20 Å². The monoisotopic (exact) mass is 258 g/mol. The van der Waals surface area contributed by atoms with Crippen LogP contribution >= 0.6 is 11.6 Å². The zero-order valence-electron chi connectivity index (χ0n) is 9.76. The summed E-state index contributed by atoms with van der Waals surface area (Å²) in [5.74, 6) is 0.755. The quantitative estimate of drug-likeness (QED) is 0.768. The molecule has 1 aromatic carbocycles. The van der Waals surface area contributed by atoms with Crippen molar-refractivity contribution in [2.45, 2.75) is 0 Å². The van der Waals surface area contributed by atoms with Crippen LogP contribution in [-0.4, -0.2) is 21.4 Å². The summed E-state index contributed by atoms with van der Waals surface area (Å²) < 4.78 is 1.99. The molecule has 3 aromatic rings. The lowest BCUT2D eigenvalue weighted by Crippen LogP contribution is -1.97. The molecule has 18 heavy (non-hydrogen) atoms. The number of anilines is 1. The summed E-state index contributed by atoms with van der Waals surface area (Å²) in [6.07, 6.45) is 5.46. The minimum absolute atomic E-state index is 0.713. The van der Waals surface area contributed by atoms with Gasteiger partial charge in [-0.15, -0.1) is 0 Å². The van der Waals surface area contributed by atoms with E-state index in [-0.39, 0.29) is 0 Å². The fourth-order valence-electron chi connectivity index (χ4n) is 1.96. The Morgan fingerprint density at radius 3 is 2.94 bits per heavy atom. The average molecular weight is 259 g/mol. The van der Waals surface area contributed by atoms with Gasteiger partial charge in [0.05, 0.1) is 11.9 Å². The Morgan fingerprint density at radius 2 is 2.17 bits per heavy atom. The lowest BCUT2D eigenvalue weighted by atomic mass is 10.2. The van der Waals surface area contributed by atoms with E-state index < -0.39 is 0 Å². The van der Waals surface area contributed by atoms with Gasteiger partial charge in [-0.3, -0.25) is 4.40 Å². The Balaban J connectivity index is 2.25. The van der Waals surface area contributed by atoms with Crippen LogP contribution in [0.15, 0.2) is 42.9 Å². The smallest absolute Gasteiger partial charge is 0.180 e. The summed E-state index contributed by atoms with van der Waals surface area (Å²) >= 11 is 6.02. The third-order valence-corrected chi connectivity index (χ3v) is 3.02. The Labute approximate surface area is 109 Å². The fourth-order valence-corrected chi connectivity index (χ4v) is 2.15. The van der Waals surface area contributed by atoms with Crippen LogP contribution in [0, 0.1) is 0 Å². The maximum Gasteiger partial charge on any atom is 0.180 e. The lowest BCUT2D eigenvalue weighted by Gasteiger charge is -2.04. The van der Waals surface area contributed by atoms with Crippen LogP contribution in [0.1, 0.15) is 0 Å². The molecule has 4 nitrogen and oxygen atoms in total. The molecule has 0 saturated heterocycles. The van der Waals surface area contributed by atoms with E-state index in [9.17, 15) is 0 Å². The maximum absolute atomic E-state index is 6.02. The molecule has 0 amide bonds. The summed E-state index contributed by atoms with van der Waals surface area (Å²) in [5, 5.41) is 3.74. The Morgan fingerprint density at radius 1 is 1.28 bits per heavy atom. The molecule has 0 atom stereocenters. The van der Waals surface area contributed by atoms with Crippen LogP contribution in [0.25, 0.3) is 16.9 Å². The number of fused-ring (bicyclic) bond motifs is 1. The van der Waals surface area contributed by atoms with Crippen LogP contribution in [0.4, 0.5) is 5.82 Å². The highest BCUT2D eigenvalue weighted by Crippen LogP contribution is 2.25. The van der Waals surface area contributed by atoms with E-state index in [1.807, 2.05) is 48.1 Å². The highest BCUT2D eigenvalue weighted by molar-refractivity contribution is 6.30. The van der Waals surface area contributed by atoms with Gasteiger partial charge in [-0.25, -0.2) is 9.97 Å². The van der Waals surface area contributed by atoms with Crippen molar-refractivity contribution >= 4 is 23.1 Å². The normalized spacial score (nSPS) is 10.8. The molecule has 0 fully saturated rings. The van der Waals surface area contributed by atoms with Crippen molar-refractivity contribution in [1.82, 2.24) is 14.4 Å². The summed E-state index contributed by atoms with van der Waals surface area (Å²) in [6, 6.07) is 7.71. The number of hydrogen-bond acceptors (Lipinski definition) is 3. The SMILES string of the molecule is CNc1nccn2c(-c3cccc(Cl)c3)cnc12. The second kappa shape index (κ2) is 4.31. The van der Waals surface area contributed by atoms with Gasteiger partial charge in [0, 0.05) is 30.0 Å². The lowest BCUT2D eigenvalue weighted by molar-refractivity contribution is 1.13. The molecule has 0 aliphatic carbocycles. The molecule has 0 aliphatic rings. The largest absolute Gasteiger partial charge is 0.370 e. The van der Waals surface area contributed by atoms with Crippen LogP contribution in [0.2, 0.25) is 5.02 Å². The summed E-state index contributed by atoms with van der Waals surface area (Å²) in [4.78, 5) is 8.62. The molecule has 0 saturated carbocycles. The summed E-state index contributed by atoms with van der Waals surface area (Å²) in [6.45, 7) is 0. The van der Waals surface area contributed by atoms with Gasteiger partial charge >= 0.3 is 0 Å². The Bertz CT molecular complexity index is 705. The number of nitrogens with one attached hydrogen (secondary N) is 1. The van der Waals surface area contributed by atoms with Crippen molar-refractivity contribution < 1.29 is 0 Å². The van der Waals surface area contributed by atoms with Crippen molar-refractivity contribution in [2.75, 3.05) is 12.4 Å². The average Bonchev–Trinajstić information content (AvgIpc) is 2.82. The fraction of sp³-hybridized carbons (Fsp3) is 0.0769. The van der Waals surface area contributed by atoms with Crippen LogP contribution in [0.3, 0.4) is 0 Å². The Kier molecular flexibility index (Phi) is 2.64. The van der Waals surface area contributed by atoms with Gasteiger partial charge in [-0.1, -0.05) is 23.7 Å². The first-order valence-electron chi connectivity index (χ1n) is 5.55. The molecule has 2 heterocycles. The van der Waals surface area contributed by atoms with Crippen molar-refractivity contribution in [1.29, 1.82) is 0 Å². The zero-order chi connectivity index (χ0) is 12.5. The van der Waals surface area contributed by atoms with E-state index in [4.69, 9.17) is 11.6 Å². The van der Waals surface area contributed by atoms with Gasteiger partial charge in [0.15, 0.2) is 11.5 Å². The summed E-state index contributed by atoms with van der Waals surface area (Å²) in [5.41, 5.74) is 2.82. The first kappa shape index (κ1) is 11.0. The van der Waals surface area contributed by atoms with Crippen LogP contribution in [0.5, 0.6) is 0 Å². The van der Waals surface area contributed by atoms with Crippen LogP contribution in [-0.2, 0) is 0 Å². The van der Waals surface area contributed by atoms with Gasteiger partial charge in [-0.05, 0) is 12.1 Å². The first-order valence-corrected chi connectivity index (χ1v) is 5.93. The number of imidazole rings is 1. The minimum atomic E-state index is 0.713. The zero-order valence-corrected chi connectivity index (χ0v) is 10.5. The second-order valence-corrected chi connectivity index (χ2v) is 4.31. The van der Waals surface area contributed by atoms with E-state index in [2.05, 4.69) is 15.3 Å². The number of hydrogen-bond donors (Lipinski definition) is 1. The van der Waals surface area contributed by atoms with Crippen molar-refractivity contribution in [3.05, 3.63) is 47.9 Å². The molecule has 3 rings (SSSR count). The molecule has 0 bridgehead atoms. The molecule has 0 unspecified atom stereocenters. The molecule has 90 valence electrons. The number of nitrogens with zero attached hydrogens (tertiary/aromatic N) is 3. The minimum Gasteiger partial charge on any atom is -0.370 e. The van der Waals surface area contributed by atoms with Gasteiger partial charge in [0.2, 0.25) is 0 Å². The number of rotatable bonds is 2. The maximum atomic E-state index is 6.02. The molecular weight excluding hydrogens is 248 g/mol. The Hall–Kier alpha value is -2.07. The third-order valence-electron chi connectivity index (χ3n) is 2.79. The van der Waals surface area contributed by atoms with Crippen molar-refractivity contribution in [2.24, 2.45) is 0 Å². The van der Waals surface area contributed by atoms with Gasteiger partial charge in [0.25, 0.3) is 0 Å². The molecule has 5 heteroatoms. The topological polar surface area (TPSA) is 42.2 Å². The van der Waals surface area contributed by atoms with Gasteiger partial charge in [-0.2, -0.15) is 0 Å². The van der Waals surface area contributed by atoms with E-state index in [1.165, 1.54) is 0 Å². The first-order chi connectivity index (χ1) is 8.79. The molecule has 0 spiro atoms. The standard InChI is InChI=1S/C13H11ClN4/c1-15-12-13-17-8-11(18(13)6-5-16-12)9-3-2-4-10(14)7-9/h2-8H,1H3,(H,15,16). The highest BCUT2D eigenvalue weighted by Gasteiger charge is 2.09. The molecular formula is C13H11ClN4. The highest BCUT2D eigenvalue weighted by atomic mass is 35.5. The number of halogens is 1. The number of aromatic nitrogens is 3. The predicted molar refractivity (Wildman–Crippen MR) is 73.0 cm³/mol. The van der Waals surface area contributed by atoms with Crippen molar-refractivity contribution in [3.8, 4) is 11.3 Å². The van der Waals surface area contributed by atoms with Gasteiger partial charge in [0.1, 0.15) is 0 Å². The molecule has 0 aliphatic heterocycles. The van der Waals surface area contributed by atoms with E-state index >= 15 is 0 Å². The molecule has 0 radical (unpaired) electrons. The van der Waals surface area contributed by atoms with Crippen molar-refractivity contribution in [3.63, 3.8) is 0 Å². The van der Waals surface area contributed by atoms with Gasteiger partial charge < -0.3 is 5.32 Å². The van der Waals surface area contributed by atoms with Crippen LogP contribution < -0.4 is 5.32 Å². The number of benzene rings is 1. The van der Waals surface area contributed by atoms with E-state index in [0.29, 0.717) is 5.02 Å². The predicted octanol–water partition coefficient (Wildman–Crippen LogP) is 3.09. The molecule has 2 aromatic heterocycles. The second-order valence-electron chi connectivity index (χ2n) is 3.87. The molecule has 1 N–H and O–H groups in total. The summed E-state index contributed by atoms with van der Waals surface area (Å²) in [7, 11) is 1.83. The van der Waals surface area contributed by atoms with E-state index in [0.717, 1.165) is 22.7 Å².